The van der Waals surface area contributed by atoms with Gasteiger partial charge in [-0.05, 0) is 23.1 Å². The minimum absolute atomic E-state index is 0.295. The van der Waals surface area contributed by atoms with E-state index in [2.05, 4.69) is 48.1 Å². The van der Waals surface area contributed by atoms with Crippen LogP contribution in [0.4, 0.5) is 0 Å². The van der Waals surface area contributed by atoms with Gasteiger partial charge in [-0.1, -0.05) is 55.5 Å². The van der Waals surface area contributed by atoms with Crippen molar-refractivity contribution in [3.05, 3.63) is 71.1 Å². The van der Waals surface area contributed by atoms with Crippen LogP contribution in [0.5, 0.6) is 0 Å². The highest BCUT2D eigenvalue weighted by atomic mass is 32.1. The van der Waals surface area contributed by atoms with Crippen LogP contribution in [0.3, 0.4) is 0 Å². The van der Waals surface area contributed by atoms with Crippen molar-refractivity contribution in [3.8, 4) is 11.3 Å². The molecule has 2 N–H and O–H groups in total. The van der Waals surface area contributed by atoms with Crippen molar-refractivity contribution < 1.29 is 0 Å². The van der Waals surface area contributed by atoms with Gasteiger partial charge in [-0.2, -0.15) is 5.10 Å². The van der Waals surface area contributed by atoms with Crippen LogP contribution in [-0.4, -0.2) is 19.6 Å². The highest BCUT2D eigenvalue weighted by Gasteiger charge is 2.17. The van der Waals surface area contributed by atoms with E-state index in [1.807, 2.05) is 22.8 Å². The van der Waals surface area contributed by atoms with E-state index in [0.29, 0.717) is 5.92 Å². The number of rotatable bonds is 4. The molecule has 6 heteroatoms. The van der Waals surface area contributed by atoms with Crippen LogP contribution in [-0.2, 0) is 0 Å². The van der Waals surface area contributed by atoms with Crippen LogP contribution >= 0.6 is 11.3 Å². The largest absolute Gasteiger partial charge is 0.318 e. The van der Waals surface area contributed by atoms with Crippen LogP contribution in [0.15, 0.2) is 55.0 Å². The van der Waals surface area contributed by atoms with E-state index in [1.54, 1.807) is 12.4 Å². The Kier molecular flexibility index (Phi) is 4.07. The van der Waals surface area contributed by atoms with E-state index in [-0.39, 0.29) is 6.04 Å². The first kappa shape index (κ1) is 15.9. The average Bonchev–Trinajstić information content (AvgIpc) is 3.22. The minimum atomic E-state index is -0.295. The SMILES string of the molecule is CC(C)c1ccc(-c2cnc3sc(C(N)c4cccnc4)nn23)cc1. The van der Waals surface area contributed by atoms with E-state index < -0.39 is 0 Å². The summed E-state index contributed by atoms with van der Waals surface area (Å²) in [5.41, 5.74) is 10.7. The number of fused-ring (bicyclic) bond motifs is 1. The van der Waals surface area contributed by atoms with E-state index >= 15 is 0 Å². The fourth-order valence-corrected chi connectivity index (χ4v) is 3.67. The molecule has 3 aromatic heterocycles. The van der Waals surface area contributed by atoms with Gasteiger partial charge in [-0.15, -0.1) is 0 Å². The molecule has 0 aliphatic rings. The summed E-state index contributed by atoms with van der Waals surface area (Å²) in [5.74, 6) is 0.517. The summed E-state index contributed by atoms with van der Waals surface area (Å²) in [6.07, 6.45) is 5.38. The molecule has 0 fully saturated rings. The molecule has 0 amide bonds. The van der Waals surface area contributed by atoms with Gasteiger partial charge in [-0.3, -0.25) is 4.98 Å². The number of aromatic nitrogens is 4. The van der Waals surface area contributed by atoms with Crippen molar-refractivity contribution in [1.82, 2.24) is 19.6 Å². The Morgan fingerprint density at radius 2 is 1.84 bits per heavy atom. The molecule has 3 heterocycles. The number of hydrogen-bond acceptors (Lipinski definition) is 5. The van der Waals surface area contributed by atoms with Gasteiger partial charge in [0.05, 0.1) is 17.9 Å². The first-order valence-corrected chi connectivity index (χ1v) is 9.05. The fourth-order valence-electron chi connectivity index (χ4n) is 2.77. The second-order valence-corrected chi connectivity index (χ2v) is 7.31. The van der Waals surface area contributed by atoms with Crippen LogP contribution < -0.4 is 5.73 Å². The Morgan fingerprint density at radius 3 is 2.52 bits per heavy atom. The average molecular weight is 349 g/mol. The molecule has 126 valence electrons. The van der Waals surface area contributed by atoms with Gasteiger partial charge in [-0.25, -0.2) is 9.50 Å². The first-order valence-electron chi connectivity index (χ1n) is 8.24. The third-order valence-corrected chi connectivity index (χ3v) is 5.29. The number of pyridine rings is 1. The summed E-state index contributed by atoms with van der Waals surface area (Å²) >= 11 is 1.51. The molecule has 0 radical (unpaired) electrons. The number of hydrogen-bond donors (Lipinski definition) is 1. The summed E-state index contributed by atoms with van der Waals surface area (Å²) in [5, 5.41) is 5.53. The first-order chi connectivity index (χ1) is 12.1. The Balaban J connectivity index is 1.71. The molecule has 1 atom stereocenters. The maximum absolute atomic E-state index is 6.35. The molecule has 0 saturated carbocycles. The molecule has 1 aromatic carbocycles. The highest BCUT2D eigenvalue weighted by molar-refractivity contribution is 7.16. The zero-order valence-corrected chi connectivity index (χ0v) is 14.9. The van der Waals surface area contributed by atoms with Crippen molar-refractivity contribution in [2.75, 3.05) is 0 Å². The lowest BCUT2D eigenvalue weighted by Gasteiger charge is -2.07. The Bertz CT molecular complexity index is 986. The van der Waals surface area contributed by atoms with Gasteiger partial charge in [0.25, 0.3) is 0 Å². The standard InChI is InChI=1S/C19H19N5S/c1-12(2)13-5-7-14(8-6-13)16-11-22-19-24(16)23-18(25-19)17(20)15-4-3-9-21-10-15/h3-12,17H,20H2,1-2H3. The van der Waals surface area contributed by atoms with E-state index in [1.165, 1.54) is 16.9 Å². The molecule has 4 aromatic rings. The Hall–Kier alpha value is -2.57. The molecule has 4 rings (SSSR count). The van der Waals surface area contributed by atoms with Crippen molar-refractivity contribution in [2.45, 2.75) is 25.8 Å². The summed E-state index contributed by atoms with van der Waals surface area (Å²) in [6.45, 7) is 4.39. The number of benzene rings is 1. The van der Waals surface area contributed by atoms with Crippen LogP contribution in [0.1, 0.15) is 41.9 Å². The molecule has 0 spiro atoms. The Morgan fingerprint density at radius 1 is 1.04 bits per heavy atom. The lowest BCUT2D eigenvalue weighted by Crippen LogP contribution is -2.12. The van der Waals surface area contributed by atoms with Gasteiger partial charge in [0.2, 0.25) is 4.96 Å². The van der Waals surface area contributed by atoms with Crippen molar-refractivity contribution in [2.24, 2.45) is 5.73 Å². The maximum Gasteiger partial charge on any atom is 0.212 e. The summed E-state index contributed by atoms with van der Waals surface area (Å²) < 4.78 is 1.88. The molecule has 0 bridgehead atoms. The van der Waals surface area contributed by atoms with Crippen LogP contribution in [0, 0.1) is 0 Å². The minimum Gasteiger partial charge on any atom is -0.318 e. The van der Waals surface area contributed by atoms with Gasteiger partial charge >= 0.3 is 0 Å². The Labute approximate surface area is 150 Å². The molecule has 1 unspecified atom stereocenters. The third-order valence-electron chi connectivity index (χ3n) is 4.28. The van der Waals surface area contributed by atoms with Crippen molar-refractivity contribution >= 4 is 16.3 Å². The second kappa shape index (κ2) is 6.38. The quantitative estimate of drug-likeness (QED) is 0.604. The number of imidazole rings is 1. The zero-order chi connectivity index (χ0) is 17.4. The van der Waals surface area contributed by atoms with Gasteiger partial charge < -0.3 is 5.73 Å². The smallest absolute Gasteiger partial charge is 0.212 e. The molecular formula is C19H19N5S. The van der Waals surface area contributed by atoms with Gasteiger partial charge in [0.15, 0.2) is 0 Å². The van der Waals surface area contributed by atoms with Gasteiger partial charge in [0.1, 0.15) is 5.01 Å². The molecule has 25 heavy (non-hydrogen) atoms. The van der Waals surface area contributed by atoms with Crippen molar-refractivity contribution in [1.29, 1.82) is 0 Å². The van der Waals surface area contributed by atoms with E-state index in [0.717, 1.165) is 26.8 Å². The van der Waals surface area contributed by atoms with Crippen LogP contribution in [0.2, 0.25) is 0 Å². The maximum atomic E-state index is 6.35. The summed E-state index contributed by atoms with van der Waals surface area (Å²) in [4.78, 5) is 9.48. The molecule has 0 saturated heterocycles. The van der Waals surface area contributed by atoms with Gasteiger partial charge in [0, 0.05) is 18.0 Å². The molecule has 0 aliphatic carbocycles. The normalized spacial score (nSPS) is 12.8. The predicted octanol–water partition coefficient (Wildman–Crippen LogP) is 4.02. The molecule has 5 nitrogen and oxygen atoms in total. The van der Waals surface area contributed by atoms with E-state index in [4.69, 9.17) is 10.8 Å². The van der Waals surface area contributed by atoms with Crippen LogP contribution in [0.25, 0.3) is 16.2 Å². The van der Waals surface area contributed by atoms with Crippen molar-refractivity contribution in [3.63, 3.8) is 0 Å². The highest BCUT2D eigenvalue weighted by Crippen LogP contribution is 2.28. The molecular weight excluding hydrogens is 330 g/mol. The third kappa shape index (κ3) is 2.94. The number of nitrogens with zero attached hydrogens (tertiary/aromatic N) is 4. The lowest BCUT2D eigenvalue weighted by atomic mass is 10.0. The molecule has 0 aliphatic heterocycles. The summed E-state index contributed by atoms with van der Waals surface area (Å²) in [6, 6.07) is 12.1. The zero-order valence-electron chi connectivity index (χ0n) is 14.1. The topological polar surface area (TPSA) is 69.1 Å². The fraction of sp³-hybridized carbons (Fsp3) is 0.211. The summed E-state index contributed by atoms with van der Waals surface area (Å²) in [7, 11) is 0. The number of nitrogens with two attached hydrogens (primary N) is 1. The predicted molar refractivity (Wildman–Crippen MR) is 101 cm³/mol. The second-order valence-electron chi connectivity index (χ2n) is 6.32. The van der Waals surface area contributed by atoms with E-state index in [9.17, 15) is 0 Å². The monoisotopic (exact) mass is 349 g/mol. The lowest BCUT2D eigenvalue weighted by molar-refractivity contribution is 0.805.